The van der Waals surface area contributed by atoms with Gasteiger partial charge < -0.3 is 10.4 Å². The Morgan fingerprint density at radius 3 is 1.69 bits per heavy atom. The first kappa shape index (κ1) is 24.6. The lowest BCUT2D eigenvalue weighted by Gasteiger charge is -2.10. The number of rotatable bonds is 19. The van der Waals surface area contributed by atoms with E-state index in [4.69, 9.17) is 5.11 Å². The third-order valence-electron chi connectivity index (χ3n) is 4.63. The molecule has 0 aliphatic heterocycles. The number of hydrogen-bond acceptors (Lipinski definition) is 3. The van der Waals surface area contributed by atoms with Crippen molar-refractivity contribution in [2.45, 2.75) is 116 Å². The zero-order chi connectivity index (χ0) is 19.5. The molecule has 0 aliphatic rings. The van der Waals surface area contributed by atoms with E-state index in [1.165, 1.54) is 64.2 Å². The van der Waals surface area contributed by atoms with E-state index in [2.05, 4.69) is 12.2 Å². The number of carbonyl (C=O) groups excluding carboxylic acids is 2. The number of nitrogens with one attached hydrogen (secondary N) is 1. The van der Waals surface area contributed by atoms with Crippen LogP contribution in [0.3, 0.4) is 0 Å². The van der Waals surface area contributed by atoms with Gasteiger partial charge in [0.05, 0.1) is 6.04 Å². The molecular formula is C21H38NO4. The molecule has 0 aromatic carbocycles. The Morgan fingerprint density at radius 1 is 0.808 bits per heavy atom. The van der Waals surface area contributed by atoms with E-state index < -0.39 is 12.0 Å². The summed E-state index contributed by atoms with van der Waals surface area (Å²) in [5.74, 6) is -1.16. The number of unbranched alkanes of at least 4 members (excludes halogenated alkanes) is 12. The maximum atomic E-state index is 11.7. The molecule has 0 aromatic heterocycles. The van der Waals surface area contributed by atoms with Crippen molar-refractivity contribution in [3.05, 3.63) is 0 Å². The Labute approximate surface area is 159 Å². The Bertz CT molecular complexity index is 371. The molecule has 0 fully saturated rings. The minimum atomic E-state index is -0.976. The number of carboxylic acids is 1. The highest BCUT2D eigenvalue weighted by Gasteiger charge is 2.13. The Morgan fingerprint density at radius 2 is 1.27 bits per heavy atom. The van der Waals surface area contributed by atoms with Crippen molar-refractivity contribution in [1.29, 1.82) is 0 Å². The SMILES string of the molecule is CCCCCCCCCCCCCCCC(=O)N[C@H]([C]=O)CCC(=O)O. The van der Waals surface area contributed by atoms with Gasteiger partial charge in [-0.15, -0.1) is 0 Å². The number of carboxylic acid groups (broad SMARTS) is 1. The lowest BCUT2D eigenvalue weighted by molar-refractivity contribution is -0.137. The summed E-state index contributed by atoms with van der Waals surface area (Å²) >= 11 is 0. The van der Waals surface area contributed by atoms with Crippen LogP contribution in [0.4, 0.5) is 0 Å². The molecular weight excluding hydrogens is 330 g/mol. The van der Waals surface area contributed by atoms with Crippen LogP contribution < -0.4 is 5.32 Å². The van der Waals surface area contributed by atoms with Crippen molar-refractivity contribution < 1.29 is 19.5 Å². The van der Waals surface area contributed by atoms with Gasteiger partial charge in [-0.05, 0) is 12.8 Å². The average molecular weight is 369 g/mol. The number of amides is 1. The van der Waals surface area contributed by atoms with Gasteiger partial charge in [-0.3, -0.25) is 14.4 Å². The fourth-order valence-electron chi connectivity index (χ4n) is 3.00. The van der Waals surface area contributed by atoms with Gasteiger partial charge in [-0.1, -0.05) is 84.0 Å². The van der Waals surface area contributed by atoms with Crippen molar-refractivity contribution >= 4 is 18.2 Å². The summed E-state index contributed by atoms with van der Waals surface area (Å²) < 4.78 is 0. The van der Waals surface area contributed by atoms with Crippen LogP contribution in [0.2, 0.25) is 0 Å². The van der Waals surface area contributed by atoms with Crippen molar-refractivity contribution in [1.82, 2.24) is 5.32 Å². The molecule has 5 nitrogen and oxygen atoms in total. The summed E-state index contributed by atoms with van der Waals surface area (Å²) in [7, 11) is 0. The summed E-state index contributed by atoms with van der Waals surface area (Å²) in [6.07, 6.45) is 18.4. The van der Waals surface area contributed by atoms with Gasteiger partial charge in [-0.2, -0.15) is 0 Å². The van der Waals surface area contributed by atoms with Crippen LogP contribution in [0.5, 0.6) is 0 Å². The average Bonchev–Trinajstić information content (AvgIpc) is 2.62. The van der Waals surface area contributed by atoms with E-state index in [1.54, 1.807) is 6.29 Å². The molecule has 5 heteroatoms. The maximum Gasteiger partial charge on any atom is 0.303 e. The molecule has 2 N–H and O–H groups in total. The van der Waals surface area contributed by atoms with Gasteiger partial charge in [0, 0.05) is 12.8 Å². The lowest BCUT2D eigenvalue weighted by Crippen LogP contribution is -2.36. The lowest BCUT2D eigenvalue weighted by atomic mass is 10.0. The van der Waals surface area contributed by atoms with Gasteiger partial charge in [0.15, 0.2) is 0 Å². The Kier molecular flexibility index (Phi) is 17.4. The zero-order valence-electron chi connectivity index (χ0n) is 16.6. The molecule has 1 radical (unpaired) electrons. The normalized spacial score (nSPS) is 11.9. The first-order chi connectivity index (χ1) is 12.6. The predicted molar refractivity (Wildman–Crippen MR) is 105 cm³/mol. The molecule has 0 spiro atoms. The molecule has 0 rings (SSSR count). The van der Waals surface area contributed by atoms with Crippen LogP contribution in [0, 0.1) is 0 Å². The Balaban J connectivity index is 3.39. The standard InChI is InChI=1S/C21H38NO4/c1-2-3-4-5-6-7-8-9-10-11-12-13-14-15-20(24)22-19(18-23)16-17-21(25)26/h19H,2-17H2,1H3,(H,22,24)(H,25,26)/t19-/m0/s1. The second kappa shape index (κ2) is 18.4. The molecule has 0 aliphatic carbocycles. The molecule has 1 atom stereocenters. The van der Waals surface area contributed by atoms with Crippen LogP contribution in [-0.2, 0) is 14.4 Å². The van der Waals surface area contributed by atoms with E-state index in [0.717, 1.165) is 19.3 Å². The van der Waals surface area contributed by atoms with Gasteiger partial charge in [0.25, 0.3) is 0 Å². The third kappa shape index (κ3) is 17.4. The topological polar surface area (TPSA) is 83.5 Å². The second-order valence-electron chi connectivity index (χ2n) is 7.16. The first-order valence-electron chi connectivity index (χ1n) is 10.5. The van der Waals surface area contributed by atoms with Gasteiger partial charge in [-0.25, -0.2) is 0 Å². The van der Waals surface area contributed by atoms with Gasteiger partial charge >= 0.3 is 5.97 Å². The first-order valence-corrected chi connectivity index (χ1v) is 10.5. The van der Waals surface area contributed by atoms with Gasteiger partial charge in [0.2, 0.25) is 12.2 Å². The van der Waals surface area contributed by atoms with Crippen LogP contribution >= 0.6 is 0 Å². The minimum Gasteiger partial charge on any atom is -0.481 e. The van der Waals surface area contributed by atoms with Crippen LogP contribution in [0.25, 0.3) is 0 Å². The smallest absolute Gasteiger partial charge is 0.303 e. The summed E-state index contributed by atoms with van der Waals surface area (Å²) in [6.45, 7) is 2.25. The van der Waals surface area contributed by atoms with Crippen LogP contribution in [0.1, 0.15) is 110 Å². The molecule has 0 unspecified atom stereocenters. The molecule has 0 saturated carbocycles. The van der Waals surface area contributed by atoms with E-state index in [-0.39, 0.29) is 18.7 Å². The van der Waals surface area contributed by atoms with Crippen molar-refractivity contribution in [2.75, 3.05) is 0 Å². The number of carbonyl (C=O) groups is 2. The van der Waals surface area contributed by atoms with Gasteiger partial charge in [0.1, 0.15) is 0 Å². The second-order valence-corrected chi connectivity index (χ2v) is 7.16. The number of aliphatic carboxylic acids is 1. The van der Waals surface area contributed by atoms with Crippen LogP contribution in [-0.4, -0.2) is 29.3 Å². The highest BCUT2D eigenvalue weighted by molar-refractivity contribution is 5.80. The quantitative estimate of drug-likeness (QED) is 0.317. The predicted octanol–water partition coefficient (Wildman–Crippen LogP) is 4.93. The summed E-state index contributed by atoms with van der Waals surface area (Å²) in [4.78, 5) is 32.9. The van der Waals surface area contributed by atoms with Crippen molar-refractivity contribution in [3.8, 4) is 0 Å². The van der Waals surface area contributed by atoms with E-state index >= 15 is 0 Å². The number of hydrogen-bond donors (Lipinski definition) is 2. The summed E-state index contributed by atoms with van der Waals surface area (Å²) in [5, 5.41) is 11.1. The minimum absolute atomic E-state index is 0.100. The van der Waals surface area contributed by atoms with E-state index in [1.807, 2.05) is 0 Å². The largest absolute Gasteiger partial charge is 0.481 e. The Hall–Kier alpha value is -1.39. The monoisotopic (exact) mass is 368 g/mol. The fraction of sp³-hybridized carbons (Fsp3) is 0.857. The molecule has 0 aromatic rings. The maximum absolute atomic E-state index is 11.7. The molecule has 0 saturated heterocycles. The van der Waals surface area contributed by atoms with E-state index in [9.17, 15) is 14.4 Å². The summed E-state index contributed by atoms with van der Waals surface area (Å²) in [5.41, 5.74) is 0. The van der Waals surface area contributed by atoms with E-state index in [0.29, 0.717) is 6.42 Å². The summed E-state index contributed by atoms with van der Waals surface area (Å²) in [6, 6.07) is -0.805. The zero-order valence-corrected chi connectivity index (χ0v) is 16.6. The highest BCUT2D eigenvalue weighted by Crippen LogP contribution is 2.13. The van der Waals surface area contributed by atoms with Crippen LogP contribution in [0.15, 0.2) is 0 Å². The fourth-order valence-corrected chi connectivity index (χ4v) is 3.00. The molecule has 1 amide bonds. The molecule has 26 heavy (non-hydrogen) atoms. The molecule has 151 valence electrons. The highest BCUT2D eigenvalue weighted by atomic mass is 16.4. The molecule has 0 bridgehead atoms. The third-order valence-corrected chi connectivity index (χ3v) is 4.63. The molecule has 0 heterocycles. The van der Waals surface area contributed by atoms with Crippen molar-refractivity contribution in [3.63, 3.8) is 0 Å². The van der Waals surface area contributed by atoms with Crippen molar-refractivity contribution in [2.24, 2.45) is 0 Å².